The van der Waals surface area contributed by atoms with Gasteiger partial charge in [-0.05, 0) is 6.07 Å². The molecule has 0 radical (unpaired) electrons. The van der Waals surface area contributed by atoms with Crippen LogP contribution in [0.15, 0.2) is 35.1 Å². The lowest BCUT2D eigenvalue weighted by Crippen LogP contribution is -1.87. The van der Waals surface area contributed by atoms with Gasteiger partial charge in [0.1, 0.15) is 6.26 Å². The maximum Gasteiger partial charge on any atom is 0.174 e. The molecule has 1 heterocycles. The Balaban J connectivity index is 2.59. The van der Waals surface area contributed by atoms with Gasteiger partial charge >= 0.3 is 0 Å². The number of halogens is 1. The largest absolute Gasteiger partial charge is 0.380 e. The number of nitrogen functional groups attached to an aromatic ring is 1. The van der Waals surface area contributed by atoms with Crippen molar-refractivity contribution in [2.24, 2.45) is 0 Å². The minimum absolute atomic E-state index is 0.355. The molecule has 0 atom stereocenters. The van der Waals surface area contributed by atoms with Crippen molar-refractivity contribution >= 4 is 17.4 Å². The maximum absolute atomic E-state index is 5.96. The lowest BCUT2D eigenvalue weighted by atomic mass is 10.1. The molecule has 0 bridgehead atoms. The second-order valence-electron chi connectivity index (χ2n) is 2.59. The molecular weight excluding hydrogens is 188 g/mol. The van der Waals surface area contributed by atoms with Crippen molar-refractivity contribution in [3.63, 3.8) is 0 Å². The lowest BCUT2D eigenvalue weighted by molar-refractivity contribution is 0.423. The first-order valence-electron chi connectivity index (χ1n) is 3.74. The number of aromatic nitrogens is 1. The van der Waals surface area contributed by atoms with E-state index in [1.54, 1.807) is 6.07 Å². The predicted octanol–water partition coefficient (Wildman–Crippen LogP) is 2.58. The van der Waals surface area contributed by atoms with Crippen molar-refractivity contribution in [2.75, 3.05) is 5.73 Å². The zero-order chi connectivity index (χ0) is 9.26. The Morgan fingerprint density at radius 3 is 2.62 bits per heavy atom. The summed E-state index contributed by atoms with van der Waals surface area (Å²) in [6, 6.07) is 7.40. The van der Waals surface area contributed by atoms with Crippen LogP contribution in [0, 0.1) is 0 Å². The molecule has 0 unspecified atom stereocenters. The highest BCUT2D eigenvalue weighted by atomic mass is 35.5. The van der Waals surface area contributed by atoms with Crippen molar-refractivity contribution in [1.82, 2.24) is 5.16 Å². The lowest BCUT2D eigenvalue weighted by Gasteiger charge is -1.99. The van der Waals surface area contributed by atoms with Gasteiger partial charge in [0.05, 0.1) is 5.56 Å². The van der Waals surface area contributed by atoms with E-state index < -0.39 is 0 Å². The molecule has 0 aliphatic rings. The van der Waals surface area contributed by atoms with Gasteiger partial charge in [0.25, 0.3) is 0 Å². The molecule has 0 amide bonds. The standard InChI is InChI=1S/C9H7ClN2O/c10-8-4-2-1-3-6(8)7-5-13-12-9(7)11/h1-5H,(H2,11,12). The Morgan fingerprint density at radius 2 is 2.00 bits per heavy atom. The summed E-state index contributed by atoms with van der Waals surface area (Å²) in [6.07, 6.45) is 1.48. The third kappa shape index (κ3) is 1.38. The number of anilines is 1. The van der Waals surface area contributed by atoms with Gasteiger partial charge in [-0.15, -0.1) is 0 Å². The van der Waals surface area contributed by atoms with Crippen LogP contribution in [0.2, 0.25) is 5.02 Å². The maximum atomic E-state index is 5.96. The summed E-state index contributed by atoms with van der Waals surface area (Å²) in [5, 5.41) is 4.21. The van der Waals surface area contributed by atoms with Crippen LogP contribution in [0.5, 0.6) is 0 Å². The first-order chi connectivity index (χ1) is 6.29. The molecule has 2 aromatic rings. The van der Waals surface area contributed by atoms with Crippen molar-refractivity contribution in [3.8, 4) is 11.1 Å². The third-order valence-corrected chi connectivity index (χ3v) is 2.09. The molecule has 3 nitrogen and oxygen atoms in total. The smallest absolute Gasteiger partial charge is 0.174 e. The highest BCUT2D eigenvalue weighted by molar-refractivity contribution is 6.33. The summed E-state index contributed by atoms with van der Waals surface area (Å²) in [6.45, 7) is 0. The van der Waals surface area contributed by atoms with Gasteiger partial charge in [-0.25, -0.2) is 0 Å². The number of benzene rings is 1. The fourth-order valence-electron chi connectivity index (χ4n) is 1.13. The molecule has 0 fully saturated rings. The van der Waals surface area contributed by atoms with Crippen molar-refractivity contribution < 1.29 is 4.52 Å². The summed E-state index contributed by atoms with van der Waals surface area (Å²) < 4.78 is 4.72. The molecule has 66 valence electrons. The first kappa shape index (κ1) is 8.13. The van der Waals surface area contributed by atoms with Crippen LogP contribution in [0.1, 0.15) is 0 Å². The minimum atomic E-state index is 0.355. The van der Waals surface area contributed by atoms with Crippen LogP contribution in [0.3, 0.4) is 0 Å². The molecular formula is C9H7ClN2O. The first-order valence-corrected chi connectivity index (χ1v) is 4.11. The number of nitrogens with zero attached hydrogens (tertiary/aromatic N) is 1. The monoisotopic (exact) mass is 194 g/mol. The van der Waals surface area contributed by atoms with Crippen molar-refractivity contribution in [2.45, 2.75) is 0 Å². The van der Waals surface area contributed by atoms with E-state index in [4.69, 9.17) is 21.9 Å². The second-order valence-corrected chi connectivity index (χ2v) is 3.00. The minimum Gasteiger partial charge on any atom is -0.380 e. The predicted molar refractivity (Wildman–Crippen MR) is 51.4 cm³/mol. The number of hydrogen-bond donors (Lipinski definition) is 1. The fourth-order valence-corrected chi connectivity index (χ4v) is 1.36. The number of rotatable bonds is 1. The van der Waals surface area contributed by atoms with Gasteiger partial charge in [0.15, 0.2) is 5.82 Å². The van der Waals surface area contributed by atoms with E-state index in [1.807, 2.05) is 18.2 Å². The molecule has 0 saturated carbocycles. The van der Waals surface area contributed by atoms with E-state index >= 15 is 0 Å². The van der Waals surface area contributed by atoms with E-state index in [2.05, 4.69) is 5.16 Å². The quantitative estimate of drug-likeness (QED) is 0.759. The summed E-state index contributed by atoms with van der Waals surface area (Å²) in [5.74, 6) is 0.355. The van der Waals surface area contributed by atoms with E-state index in [0.29, 0.717) is 10.8 Å². The molecule has 2 rings (SSSR count). The molecule has 1 aromatic carbocycles. The molecule has 2 N–H and O–H groups in total. The Hall–Kier alpha value is -1.48. The van der Waals surface area contributed by atoms with Gasteiger partial charge in [0.2, 0.25) is 0 Å². The van der Waals surface area contributed by atoms with E-state index in [1.165, 1.54) is 6.26 Å². The third-order valence-electron chi connectivity index (χ3n) is 1.76. The average molecular weight is 195 g/mol. The normalized spacial score (nSPS) is 10.2. The van der Waals surface area contributed by atoms with Crippen LogP contribution < -0.4 is 5.73 Å². The van der Waals surface area contributed by atoms with E-state index in [9.17, 15) is 0 Å². The zero-order valence-corrected chi connectivity index (χ0v) is 7.45. The second kappa shape index (κ2) is 3.11. The summed E-state index contributed by atoms with van der Waals surface area (Å²) in [5.41, 5.74) is 7.14. The summed E-state index contributed by atoms with van der Waals surface area (Å²) in [4.78, 5) is 0. The van der Waals surface area contributed by atoms with Crippen molar-refractivity contribution in [3.05, 3.63) is 35.6 Å². The van der Waals surface area contributed by atoms with Gasteiger partial charge < -0.3 is 10.3 Å². The van der Waals surface area contributed by atoms with Crippen LogP contribution in [-0.2, 0) is 0 Å². The van der Waals surface area contributed by atoms with Gasteiger partial charge in [-0.2, -0.15) is 0 Å². The van der Waals surface area contributed by atoms with E-state index in [-0.39, 0.29) is 0 Å². The van der Waals surface area contributed by atoms with Gasteiger partial charge in [0, 0.05) is 10.6 Å². The SMILES string of the molecule is Nc1nocc1-c1ccccc1Cl. The highest BCUT2D eigenvalue weighted by Gasteiger charge is 2.08. The van der Waals surface area contributed by atoms with Crippen LogP contribution in [0.25, 0.3) is 11.1 Å². The van der Waals surface area contributed by atoms with Crippen molar-refractivity contribution in [1.29, 1.82) is 0 Å². The zero-order valence-electron chi connectivity index (χ0n) is 6.70. The number of hydrogen-bond acceptors (Lipinski definition) is 3. The van der Waals surface area contributed by atoms with Crippen LogP contribution in [-0.4, -0.2) is 5.16 Å². The summed E-state index contributed by atoms with van der Waals surface area (Å²) >= 11 is 5.96. The molecule has 1 aromatic heterocycles. The molecule has 0 saturated heterocycles. The Morgan fingerprint density at radius 1 is 1.23 bits per heavy atom. The van der Waals surface area contributed by atoms with E-state index in [0.717, 1.165) is 11.1 Å². The van der Waals surface area contributed by atoms with Crippen LogP contribution >= 0.6 is 11.6 Å². The Labute approximate surface area is 80.1 Å². The topological polar surface area (TPSA) is 52.0 Å². The Kier molecular flexibility index (Phi) is 1.94. The molecule has 0 spiro atoms. The summed E-state index contributed by atoms with van der Waals surface area (Å²) in [7, 11) is 0. The molecule has 13 heavy (non-hydrogen) atoms. The van der Waals surface area contributed by atoms with Crippen LogP contribution in [0.4, 0.5) is 5.82 Å². The average Bonchev–Trinajstić information content (AvgIpc) is 2.52. The number of nitrogens with two attached hydrogens (primary N) is 1. The highest BCUT2D eigenvalue weighted by Crippen LogP contribution is 2.30. The van der Waals surface area contributed by atoms with Gasteiger partial charge in [-0.3, -0.25) is 0 Å². The van der Waals surface area contributed by atoms with Gasteiger partial charge in [-0.1, -0.05) is 35.0 Å². The Bertz CT molecular complexity index is 425. The molecule has 4 heteroatoms. The molecule has 0 aliphatic carbocycles. The molecule has 0 aliphatic heterocycles. The fraction of sp³-hybridized carbons (Fsp3) is 0.